The van der Waals surface area contributed by atoms with Crippen LogP contribution in [0.25, 0.3) is 0 Å². The van der Waals surface area contributed by atoms with Crippen molar-refractivity contribution in [2.24, 2.45) is 23.7 Å². The molecule has 0 aromatic carbocycles. The highest BCUT2D eigenvalue weighted by atomic mass is 16.5. The largest absolute Gasteiger partial charge is 0.492 e. The molecule has 0 N–H and O–H groups in total. The summed E-state index contributed by atoms with van der Waals surface area (Å²) >= 11 is 0. The summed E-state index contributed by atoms with van der Waals surface area (Å²) in [5, 5.41) is 0. The second-order valence-electron chi connectivity index (χ2n) is 8.90. The van der Waals surface area contributed by atoms with E-state index in [1.165, 1.54) is 69.9 Å². The normalized spacial score (nSPS) is 29.5. The van der Waals surface area contributed by atoms with Crippen LogP contribution >= 0.6 is 0 Å². The number of pyridine rings is 1. The first-order chi connectivity index (χ1) is 12.8. The van der Waals surface area contributed by atoms with Crippen LogP contribution in [0, 0.1) is 23.7 Å². The molecule has 2 aliphatic rings. The Balaban J connectivity index is 1.35. The summed E-state index contributed by atoms with van der Waals surface area (Å²) in [6, 6.07) is 4.21. The van der Waals surface area contributed by atoms with Gasteiger partial charge in [0.2, 0.25) is 0 Å². The summed E-state index contributed by atoms with van der Waals surface area (Å²) < 4.78 is 6.04. The zero-order valence-corrected chi connectivity index (χ0v) is 17.1. The number of aromatic nitrogens is 1. The fourth-order valence-corrected chi connectivity index (χ4v) is 5.30. The first-order valence-corrected chi connectivity index (χ1v) is 11.4. The van der Waals surface area contributed by atoms with E-state index in [-0.39, 0.29) is 0 Å². The number of nitrogens with zero attached hydrogens (tertiary/aromatic N) is 1. The molecule has 0 saturated heterocycles. The highest BCUT2D eigenvalue weighted by molar-refractivity contribution is 5.19. The Kier molecular flexibility index (Phi) is 7.83. The predicted octanol–water partition coefficient (Wildman–Crippen LogP) is 6.83. The third-order valence-corrected chi connectivity index (χ3v) is 6.94. The van der Waals surface area contributed by atoms with E-state index in [1.54, 1.807) is 0 Å². The van der Waals surface area contributed by atoms with Crippen molar-refractivity contribution in [3.05, 3.63) is 24.0 Å². The molecule has 0 radical (unpaired) electrons. The second kappa shape index (κ2) is 10.3. The number of aryl methyl sites for hydroxylation is 1. The maximum atomic E-state index is 6.04. The second-order valence-corrected chi connectivity index (χ2v) is 8.90. The van der Waals surface area contributed by atoms with Crippen LogP contribution in [-0.2, 0) is 6.42 Å². The van der Waals surface area contributed by atoms with Gasteiger partial charge in [-0.05, 0) is 80.8 Å². The van der Waals surface area contributed by atoms with Gasteiger partial charge in [-0.3, -0.25) is 4.98 Å². The topological polar surface area (TPSA) is 22.1 Å². The van der Waals surface area contributed by atoms with E-state index in [0.29, 0.717) is 0 Å². The quantitative estimate of drug-likeness (QED) is 0.509. The molecule has 1 aromatic heterocycles. The lowest BCUT2D eigenvalue weighted by molar-refractivity contribution is 0.122. The minimum absolute atomic E-state index is 0.748. The molecule has 0 amide bonds. The number of hydrogen-bond donors (Lipinski definition) is 0. The zero-order chi connectivity index (χ0) is 18.2. The minimum Gasteiger partial charge on any atom is -0.492 e. The molecular formula is C24H39NO. The summed E-state index contributed by atoms with van der Waals surface area (Å²) in [7, 11) is 0. The van der Waals surface area contributed by atoms with Crippen molar-refractivity contribution in [1.29, 1.82) is 0 Å². The average Bonchev–Trinajstić information content (AvgIpc) is 2.69. The van der Waals surface area contributed by atoms with Gasteiger partial charge in [-0.15, -0.1) is 0 Å². The van der Waals surface area contributed by atoms with Crippen molar-refractivity contribution in [3.8, 4) is 5.75 Å². The predicted molar refractivity (Wildman–Crippen MR) is 110 cm³/mol. The molecule has 1 heterocycles. The van der Waals surface area contributed by atoms with E-state index in [9.17, 15) is 0 Å². The molecule has 0 unspecified atom stereocenters. The molecule has 0 atom stereocenters. The van der Waals surface area contributed by atoms with Gasteiger partial charge in [0.15, 0.2) is 0 Å². The lowest BCUT2D eigenvalue weighted by atomic mass is 9.69. The van der Waals surface area contributed by atoms with Gasteiger partial charge in [-0.1, -0.05) is 46.0 Å². The van der Waals surface area contributed by atoms with Gasteiger partial charge in [-0.2, -0.15) is 0 Å². The van der Waals surface area contributed by atoms with Crippen molar-refractivity contribution in [2.75, 3.05) is 6.61 Å². The van der Waals surface area contributed by atoms with Gasteiger partial charge >= 0.3 is 0 Å². The standard InChI is InChI=1S/C24H39NO/c1-3-5-19-7-11-21(12-8-19)22-13-9-20(10-14-22)18-26-24-16-15-23(6-4-2)25-17-24/h15-17,19-22H,3-14,18H2,1-2H3. The van der Waals surface area contributed by atoms with Crippen molar-refractivity contribution in [2.45, 2.75) is 90.9 Å². The van der Waals surface area contributed by atoms with Crippen molar-refractivity contribution < 1.29 is 4.74 Å². The van der Waals surface area contributed by atoms with E-state index < -0.39 is 0 Å². The lowest BCUT2D eigenvalue weighted by Gasteiger charge is -2.37. The Hall–Kier alpha value is -1.05. The van der Waals surface area contributed by atoms with Crippen LogP contribution in [0.3, 0.4) is 0 Å². The summed E-state index contributed by atoms with van der Waals surface area (Å²) in [5.74, 6) is 4.77. The van der Waals surface area contributed by atoms with E-state index >= 15 is 0 Å². The average molecular weight is 358 g/mol. The number of rotatable bonds is 8. The number of hydrogen-bond acceptors (Lipinski definition) is 2. The first kappa shape index (κ1) is 19.7. The lowest BCUT2D eigenvalue weighted by Crippen LogP contribution is -2.27. The van der Waals surface area contributed by atoms with Crippen molar-refractivity contribution in [1.82, 2.24) is 4.98 Å². The third kappa shape index (κ3) is 5.72. The van der Waals surface area contributed by atoms with Crippen LogP contribution in [0.1, 0.15) is 90.2 Å². The molecule has 2 aliphatic carbocycles. The van der Waals surface area contributed by atoms with Gasteiger partial charge in [0, 0.05) is 5.69 Å². The molecule has 2 heteroatoms. The smallest absolute Gasteiger partial charge is 0.137 e. The van der Waals surface area contributed by atoms with Crippen molar-refractivity contribution in [3.63, 3.8) is 0 Å². The molecule has 3 rings (SSSR count). The van der Waals surface area contributed by atoms with Gasteiger partial charge in [0.05, 0.1) is 12.8 Å². The first-order valence-electron chi connectivity index (χ1n) is 11.4. The molecule has 1 aromatic rings. The molecule has 2 fully saturated rings. The van der Waals surface area contributed by atoms with Crippen LogP contribution in [0.15, 0.2) is 18.3 Å². The molecule has 2 nitrogen and oxygen atoms in total. The van der Waals surface area contributed by atoms with Crippen LogP contribution in [-0.4, -0.2) is 11.6 Å². The third-order valence-electron chi connectivity index (χ3n) is 6.94. The summed E-state index contributed by atoms with van der Waals surface area (Å²) in [5.41, 5.74) is 1.18. The highest BCUT2D eigenvalue weighted by Gasteiger charge is 2.30. The molecule has 26 heavy (non-hydrogen) atoms. The maximum absolute atomic E-state index is 6.04. The van der Waals surface area contributed by atoms with Crippen LogP contribution in [0.2, 0.25) is 0 Å². The summed E-state index contributed by atoms with van der Waals surface area (Å²) in [6.07, 6.45) is 18.6. The summed E-state index contributed by atoms with van der Waals surface area (Å²) in [4.78, 5) is 4.50. The van der Waals surface area contributed by atoms with Gasteiger partial charge in [0.25, 0.3) is 0 Å². The molecule has 2 saturated carbocycles. The van der Waals surface area contributed by atoms with Gasteiger partial charge < -0.3 is 4.74 Å². The number of ether oxygens (including phenoxy) is 1. The molecule has 0 spiro atoms. The van der Waals surface area contributed by atoms with Gasteiger partial charge in [-0.25, -0.2) is 0 Å². The molecule has 0 bridgehead atoms. The Morgan fingerprint density at radius 1 is 0.846 bits per heavy atom. The van der Waals surface area contributed by atoms with Crippen LogP contribution in [0.5, 0.6) is 5.75 Å². The Bertz CT molecular complexity index is 495. The fourth-order valence-electron chi connectivity index (χ4n) is 5.30. The Labute approximate surface area is 161 Å². The van der Waals surface area contributed by atoms with E-state index in [4.69, 9.17) is 4.74 Å². The van der Waals surface area contributed by atoms with E-state index in [0.717, 1.165) is 48.9 Å². The SMILES string of the molecule is CCCc1ccc(OCC2CCC(C3CCC(CCC)CC3)CC2)cn1. The van der Waals surface area contributed by atoms with Crippen LogP contribution < -0.4 is 4.74 Å². The Morgan fingerprint density at radius 2 is 1.50 bits per heavy atom. The zero-order valence-electron chi connectivity index (χ0n) is 17.1. The van der Waals surface area contributed by atoms with Crippen LogP contribution in [0.4, 0.5) is 0 Å². The van der Waals surface area contributed by atoms with Gasteiger partial charge in [0.1, 0.15) is 5.75 Å². The molecule has 0 aliphatic heterocycles. The summed E-state index contributed by atoms with van der Waals surface area (Å²) in [6.45, 7) is 5.41. The fraction of sp³-hybridized carbons (Fsp3) is 0.792. The Morgan fingerprint density at radius 3 is 2.04 bits per heavy atom. The minimum atomic E-state index is 0.748. The molecular weight excluding hydrogens is 318 g/mol. The monoisotopic (exact) mass is 357 g/mol. The maximum Gasteiger partial charge on any atom is 0.137 e. The van der Waals surface area contributed by atoms with E-state index in [2.05, 4.69) is 31.0 Å². The molecule has 146 valence electrons. The highest BCUT2D eigenvalue weighted by Crippen LogP contribution is 2.42. The van der Waals surface area contributed by atoms with E-state index in [1.807, 2.05) is 6.20 Å². The van der Waals surface area contributed by atoms with Crippen molar-refractivity contribution >= 4 is 0 Å².